The summed E-state index contributed by atoms with van der Waals surface area (Å²) in [4.78, 5) is 18.5. The van der Waals surface area contributed by atoms with Gasteiger partial charge in [-0.05, 0) is 53.8 Å². The number of pyridine rings is 1. The minimum atomic E-state index is -4.36. The highest BCUT2D eigenvalue weighted by Gasteiger charge is 2.30. The Balaban J connectivity index is 1.61. The summed E-state index contributed by atoms with van der Waals surface area (Å²) < 4.78 is 39.0. The zero-order valence-corrected chi connectivity index (χ0v) is 16.3. The predicted octanol–water partition coefficient (Wildman–Crippen LogP) is 4.75. The quantitative estimate of drug-likeness (QED) is 0.674. The van der Waals surface area contributed by atoms with E-state index in [0.717, 1.165) is 35.0 Å². The molecule has 0 saturated carbocycles. The number of alkyl halides is 3. The van der Waals surface area contributed by atoms with E-state index in [1.54, 1.807) is 25.5 Å². The highest BCUT2D eigenvalue weighted by molar-refractivity contribution is 5.97. The molecule has 1 aromatic heterocycles. The standard InChI is InChI=1S/C23H20F3N3O/c1-27-22(30)20-6-3-7-21-19(20)8-9-29(21)18-12-16(13-28-14-18)10-15-4-2-5-17(11-15)23(24,25)26/h2-7,11-14H,8-10H2,1H3,(H,27,30). The molecule has 7 heteroatoms. The molecule has 4 nitrogen and oxygen atoms in total. The summed E-state index contributed by atoms with van der Waals surface area (Å²) in [5, 5.41) is 2.67. The molecule has 0 atom stereocenters. The SMILES string of the molecule is CNC(=O)c1cccc2c1CCN2c1cncc(Cc2cccc(C(F)(F)F)c2)c1. The smallest absolute Gasteiger partial charge is 0.355 e. The fourth-order valence-electron chi connectivity index (χ4n) is 3.86. The fourth-order valence-corrected chi connectivity index (χ4v) is 3.86. The van der Waals surface area contributed by atoms with Crippen LogP contribution in [-0.2, 0) is 19.0 Å². The minimum Gasteiger partial charge on any atom is -0.355 e. The Morgan fingerprint density at radius 3 is 2.67 bits per heavy atom. The average Bonchev–Trinajstić information content (AvgIpc) is 3.17. The Morgan fingerprint density at radius 2 is 1.90 bits per heavy atom. The Labute approximate surface area is 172 Å². The third kappa shape index (κ3) is 3.87. The predicted molar refractivity (Wildman–Crippen MR) is 109 cm³/mol. The number of carbonyl (C=O) groups is 1. The molecule has 0 radical (unpaired) electrons. The van der Waals surface area contributed by atoms with Crippen LogP contribution < -0.4 is 10.2 Å². The van der Waals surface area contributed by atoms with Crippen LogP contribution in [0.2, 0.25) is 0 Å². The number of halogens is 3. The Kier molecular flexibility index (Phi) is 5.20. The Hall–Kier alpha value is -3.35. The van der Waals surface area contributed by atoms with Gasteiger partial charge in [0.15, 0.2) is 0 Å². The van der Waals surface area contributed by atoms with Gasteiger partial charge in [0.05, 0.1) is 17.4 Å². The van der Waals surface area contributed by atoms with E-state index in [1.807, 2.05) is 24.3 Å². The number of anilines is 2. The zero-order chi connectivity index (χ0) is 21.3. The van der Waals surface area contributed by atoms with Crippen LogP contribution in [0.4, 0.5) is 24.5 Å². The van der Waals surface area contributed by atoms with E-state index in [2.05, 4.69) is 15.2 Å². The third-order valence-corrected chi connectivity index (χ3v) is 5.25. The summed E-state index contributed by atoms with van der Waals surface area (Å²) in [6.07, 6.45) is 0.122. The van der Waals surface area contributed by atoms with Crippen molar-refractivity contribution in [3.05, 3.63) is 88.7 Å². The van der Waals surface area contributed by atoms with Crippen molar-refractivity contribution in [3.63, 3.8) is 0 Å². The number of nitrogens with zero attached hydrogens (tertiary/aromatic N) is 2. The minimum absolute atomic E-state index is 0.120. The largest absolute Gasteiger partial charge is 0.416 e. The van der Waals surface area contributed by atoms with E-state index >= 15 is 0 Å². The molecule has 0 bridgehead atoms. The summed E-state index contributed by atoms with van der Waals surface area (Å²) in [6.45, 7) is 0.706. The first kappa shape index (κ1) is 19.9. The van der Waals surface area contributed by atoms with Gasteiger partial charge in [0.25, 0.3) is 5.91 Å². The molecule has 3 aromatic rings. The van der Waals surface area contributed by atoms with Gasteiger partial charge in [0.2, 0.25) is 0 Å². The number of fused-ring (bicyclic) bond motifs is 1. The molecule has 1 amide bonds. The summed E-state index contributed by atoms with van der Waals surface area (Å²) in [5.74, 6) is -0.120. The summed E-state index contributed by atoms with van der Waals surface area (Å²) in [5.41, 5.74) is 4.20. The van der Waals surface area contributed by atoms with Gasteiger partial charge < -0.3 is 10.2 Å². The number of benzene rings is 2. The van der Waals surface area contributed by atoms with E-state index in [0.29, 0.717) is 24.1 Å². The van der Waals surface area contributed by atoms with Gasteiger partial charge in [0.1, 0.15) is 0 Å². The van der Waals surface area contributed by atoms with Crippen LogP contribution in [0.15, 0.2) is 60.9 Å². The van der Waals surface area contributed by atoms with Gasteiger partial charge >= 0.3 is 6.18 Å². The summed E-state index contributed by atoms with van der Waals surface area (Å²) in [7, 11) is 1.61. The zero-order valence-electron chi connectivity index (χ0n) is 16.3. The maximum Gasteiger partial charge on any atom is 0.416 e. The van der Waals surface area contributed by atoms with Crippen LogP contribution in [-0.4, -0.2) is 24.5 Å². The molecule has 2 aromatic carbocycles. The molecular weight excluding hydrogens is 391 g/mol. The van der Waals surface area contributed by atoms with Crippen LogP contribution >= 0.6 is 0 Å². The van der Waals surface area contributed by atoms with Gasteiger partial charge in [-0.15, -0.1) is 0 Å². The van der Waals surface area contributed by atoms with Crippen molar-refractivity contribution in [1.82, 2.24) is 10.3 Å². The number of nitrogens with one attached hydrogen (secondary N) is 1. The average molecular weight is 411 g/mol. The van der Waals surface area contributed by atoms with E-state index < -0.39 is 11.7 Å². The molecule has 0 saturated heterocycles. The van der Waals surface area contributed by atoms with Crippen LogP contribution in [0, 0.1) is 0 Å². The van der Waals surface area contributed by atoms with Crippen molar-refractivity contribution in [2.24, 2.45) is 0 Å². The Morgan fingerprint density at radius 1 is 1.10 bits per heavy atom. The molecule has 4 rings (SSSR count). The van der Waals surface area contributed by atoms with Crippen LogP contribution in [0.1, 0.15) is 32.6 Å². The first-order valence-corrected chi connectivity index (χ1v) is 9.58. The van der Waals surface area contributed by atoms with Gasteiger partial charge in [-0.1, -0.05) is 24.3 Å². The number of amides is 1. The number of hydrogen-bond donors (Lipinski definition) is 1. The Bertz CT molecular complexity index is 1100. The molecule has 2 heterocycles. The highest BCUT2D eigenvalue weighted by Crippen LogP contribution is 2.36. The van der Waals surface area contributed by atoms with Gasteiger partial charge in [0, 0.05) is 31.0 Å². The summed E-state index contributed by atoms with van der Waals surface area (Å²) >= 11 is 0. The topological polar surface area (TPSA) is 45.2 Å². The number of carbonyl (C=O) groups excluding carboxylic acids is 1. The molecule has 0 spiro atoms. The molecule has 154 valence electrons. The van der Waals surface area contributed by atoms with E-state index in [4.69, 9.17) is 0 Å². The lowest BCUT2D eigenvalue weighted by Gasteiger charge is -2.20. The number of hydrogen-bond acceptors (Lipinski definition) is 3. The van der Waals surface area contributed by atoms with Crippen molar-refractivity contribution < 1.29 is 18.0 Å². The molecule has 0 aliphatic carbocycles. The molecule has 1 aliphatic rings. The number of aromatic nitrogens is 1. The van der Waals surface area contributed by atoms with Crippen molar-refractivity contribution in [1.29, 1.82) is 0 Å². The van der Waals surface area contributed by atoms with Gasteiger partial charge in [-0.2, -0.15) is 13.2 Å². The van der Waals surface area contributed by atoms with Crippen LogP contribution in [0.25, 0.3) is 0 Å². The molecule has 30 heavy (non-hydrogen) atoms. The highest BCUT2D eigenvalue weighted by atomic mass is 19.4. The second kappa shape index (κ2) is 7.82. The molecular formula is C23H20F3N3O. The van der Waals surface area contributed by atoms with E-state index in [1.165, 1.54) is 12.1 Å². The van der Waals surface area contributed by atoms with E-state index in [9.17, 15) is 18.0 Å². The second-order valence-electron chi connectivity index (χ2n) is 7.21. The van der Waals surface area contributed by atoms with Crippen LogP contribution in [0.3, 0.4) is 0 Å². The van der Waals surface area contributed by atoms with Crippen molar-refractivity contribution >= 4 is 17.3 Å². The third-order valence-electron chi connectivity index (χ3n) is 5.25. The normalized spacial score (nSPS) is 13.3. The molecule has 1 N–H and O–H groups in total. The van der Waals surface area contributed by atoms with Crippen molar-refractivity contribution in [3.8, 4) is 0 Å². The first-order valence-electron chi connectivity index (χ1n) is 9.58. The number of rotatable bonds is 4. The lowest BCUT2D eigenvalue weighted by atomic mass is 10.0. The monoisotopic (exact) mass is 411 g/mol. The maximum absolute atomic E-state index is 13.0. The lowest BCUT2D eigenvalue weighted by Crippen LogP contribution is -2.19. The first-order chi connectivity index (χ1) is 14.4. The van der Waals surface area contributed by atoms with Crippen molar-refractivity contribution in [2.45, 2.75) is 19.0 Å². The van der Waals surface area contributed by atoms with Crippen molar-refractivity contribution in [2.75, 3.05) is 18.5 Å². The molecule has 0 unspecified atom stereocenters. The molecule has 1 aliphatic heterocycles. The maximum atomic E-state index is 13.0. The van der Waals surface area contributed by atoms with Crippen LogP contribution in [0.5, 0.6) is 0 Å². The van der Waals surface area contributed by atoms with Gasteiger partial charge in [-0.25, -0.2) is 0 Å². The lowest BCUT2D eigenvalue weighted by molar-refractivity contribution is -0.137. The second-order valence-corrected chi connectivity index (χ2v) is 7.21. The summed E-state index contributed by atoms with van der Waals surface area (Å²) in [6, 6.07) is 12.9. The fraction of sp³-hybridized carbons (Fsp3) is 0.217. The molecule has 0 fully saturated rings. The van der Waals surface area contributed by atoms with Gasteiger partial charge in [-0.3, -0.25) is 9.78 Å². The van der Waals surface area contributed by atoms with E-state index in [-0.39, 0.29) is 5.91 Å².